The fourth-order valence-corrected chi connectivity index (χ4v) is 1.36. The van der Waals surface area contributed by atoms with Crippen molar-refractivity contribution in [1.82, 2.24) is 0 Å². The molecule has 0 aromatic heterocycles. The Kier molecular flexibility index (Phi) is 5.29. The van der Waals surface area contributed by atoms with Crippen molar-refractivity contribution in [1.29, 1.82) is 0 Å². The van der Waals surface area contributed by atoms with E-state index < -0.39 is 27.2 Å². The number of ether oxygens (including phenoxy) is 1. The van der Waals surface area contributed by atoms with Crippen LogP contribution in [0.15, 0.2) is 23.3 Å². The van der Waals surface area contributed by atoms with Gasteiger partial charge in [-0.25, -0.2) is 0 Å². The molecule has 0 aliphatic heterocycles. The number of nitrogens with zero attached hydrogens (tertiary/aromatic N) is 3. The highest BCUT2D eigenvalue weighted by molar-refractivity contribution is 5.97. The third kappa shape index (κ3) is 4.53. The number of benzene rings is 1. The van der Waals surface area contributed by atoms with E-state index in [4.69, 9.17) is 0 Å². The number of nitrogens with one attached hydrogen (secondary N) is 1. The van der Waals surface area contributed by atoms with E-state index in [0.717, 1.165) is 12.1 Å². The van der Waals surface area contributed by atoms with Crippen LogP contribution in [0.3, 0.4) is 0 Å². The van der Waals surface area contributed by atoms with Crippen LogP contribution >= 0.6 is 0 Å². The highest BCUT2D eigenvalue weighted by Crippen LogP contribution is 2.28. The molecule has 0 spiro atoms. The Morgan fingerprint density at radius 1 is 1.33 bits per heavy atom. The van der Waals surface area contributed by atoms with Gasteiger partial charge in [-0.2, -0.15) is 5.10 Å². The van der Waals surface area contributed by atoms with E-state index in [9.17, 15) is 25.0 Å². The predicted octanol–water partition coefficient (Wildman–Crippen LogP) is 1.85. The summed E-state index contributed by atoms with van der Waals surface area (Å²) in [7, 11) is 1.23. The highest BCUT2D eigenvalue weighted by atomic mass is 16.6. The van der Waals surface area contributed by atoms with Crippen molar-refractivity contribution < 1.29 is 19.4 Å². The first-order valence-electron chi connectivity index (χ1n) is 5.64. The summed E-state index contributed by atoms with van der Waals surface area (Å²) in [5.74, 6) is -0.503. The van der Waals surface area contributed by atoms with E-state index in [1.807, 2.05) is 0 Å². The van der Waals surface area contributed by atoms with Gasteiger partial charge in [0.15, 0.2) is 0 Å². The summed E-state index contributed by atoms with van der Waals surface area (Å²) >= 11 is 0. The van der Waals surface area contributed by atoms with Crippen molar-refractivity contribution in [2.24, 2.45) is 5.10 Å². The molecule has 21 heavy (non-hydrogen) atoms. The number of anilines is 1. The minimum absolute atomic E-state index is 0.0187. The third-order valence-corrected chi connectivity index (χ3v) is 2.38. The fourth-order valence-electron chi connectivity index (χ4n) is 1.36. The fraction of sp³-hybridized carbons (Fsp3) is 0.273. The first-order chi connectivity index (χ1) is 9.85. The van der Waals surface area contributed by atoms with Crippen LogP contribution in [-0.4, -0.2) is 28.6 Å². The highest BCUT2D eigenvalue weighted by Gasteiger charge is 2.19. The lowest BCUT2D eigenvalue weighted by Crippen LogP contribution is -2.08. The maximum atomic E-state index is 11.0. The zero-order chi connectivity index (χ0) is 16.0. The second kappa shape index (κ2) is 6.93. The molecular formula is C11H12N4O6. The molecule has 1 aromatic carbocycles. The first-order valence-corrected chi connectivity index (χ1v) is 5.64. The van der Waals surface area contributed by atoms with Crippen LogP contribution < -0.4 is 5.43 Å². The van der Waals surface area contributed by atoms with E-state index >= 15 is 0 Å². The average molecular weight is 296 g/mol. The molecule has 0 saturated carbocycles. The van der Waals surface area contributed by atoms with Gasteiger partial charge in [0.1, 0.15) is 5.69 Å². The second-order valence-corrected chi connectivity index (χ2v) is 3.93. The van der Waals surface area contributed by atoms with Crippen LogP contribution in [0.4, 0.5) is 17.1 Å². The molecule has 0 saturated heterocycles. The Bertz CT molecular complexity index is 613. The van der Waals surface area contributed by atoms with E-state index in [-0.39, 0.29) is 12.1 Å². The second-order valence-electron chi connectivity index (χ2n) is 3.93. The number of nitro groups is 2. The largest absolute Gasteiger partial charge is 0.469 e. The van der Waals surface area contributed by atoms with Gasteiger partial charge in [-0.05, 0) is 13.0 Å². The Balaban J connectivity index is 2.98. The lowest BCUT2D eigenvalue weighted by Gasteiger charge is -2.04. The molecule has 0 radical (unpaired) electrons. The standard InChI is InChI=1S/C11H12N4O6/c1-7(5-11(16)21-2)12-13-9-4-3-8(14(17)18)6-10(9)15(19)20/h3-4,6,13H,5H2,1-2H3. The maximum absolute atomic E-state index is 11.0. The number of nitro benzene ring substituents is 2. The summed E-state index contributed by atoms with van der Waals surface area (Å²) in [6.07, 6.45) is -0.0791. The van der Waals surface area contributed by atoms with Crippen molar-refractivity contribution in [2.75, 3.05) is 12.5 Å². The summed E-state index contributed by atoms with van der Waals surface area (Å²) in [6.45, 7) is 1.53. The smallest absolute Gasteiger partial charge is 0.311 e. The lowest BCUT2D eigenvalue weighted by atomic mass is 10.2. The molecule has 10 heteroatoms. The molecule has 1 aromatic rings. The Hall–Kier alpha value is -3.04. The van der Waals surface area contributed by atoms with Crippen LogP contribution in [0, 0.1) is 20.2 Å². The normalized spacial score (nSPS) is 10.9. The van der Waals surface area contributed by atoms with Crippen molar-refractivity contribution in [2.45, 2.75) is 13.3 Å². The number of hydrazone groups is 1. The van der Waals surface area contributed by atoms with Crippen molar-refractivity contribution in [3.8, 4) is 0 Å². The number of carbonyl (C=O) groups is 1. The SMILES string of the molecule is COC(=O)CC(C)=NNc1ccc([N+](=O)[O-])cc1[N+](=O)[O-]. The summed E-state index contributed by atoms with van der Waals surface area (Å²) in [4.78, 5) is 31.0. The molecule has 112 valence electrons. The number of methoxy groups -OCH3 is 1. The number of rotatable bonds is 6. The van der Waals surface area contributed by atoms with Crippen molar-refractivity contribution in [3.63, 3.8) is 0 Å². The topological polar surface area (TPSA) is 137 Å². The molecule has 0 aliphatic rings. The molecule has 0 atom stereocenters. The molecule has 0 heterocycles. The van der Waals surface area contributed by atoms with Gasteiger partial charge in [-0.3, -0.25) is 30.4 Å². The van der Waals surface area contributed by atoms with Gasteiger partial charge in [0.25, 0.3) is 5.69 Å². The molecule has 0 bridgehead atoms. The maximum Gasteiger partial charge on any atom is 0.311 e. The molecule has 1 N–H and O–H groups in total. The number of esters is 1. The molecule has 0 aliphatic carbocycles. The van der Waals surface area contributed by atoms with Crippen LogP contribution in [0.2, 0.25) is 0 Å². The van der Waals surface area contributed by atoms with Gasteiger partial charge in [0, 0.05) is 11.8 Å². The van der Waals surface area contributed by atoms with Crippen LogP contribution in [0.25, 0.3) is 0 Å². The van der Waals surface area contributed by atoms with Crippen molar-refractivity contribution in [3.05, 3.63) is 38.4 Å². The van der Waals surface area contributed by atoms with Gasteiger partial charge in [-0.1, -0.05) is 0 Å². The summed E-state index contributed by atoms with van der Waals surface area (Å²) in [5.41, 5.74) is 1.84. The number of hydrogen-bond donors (Lipinski definition) is 1. The summed E-state index contributed by atoms with van der Waals surface area (Å²) in [5, 5.41) is 25.3. The molecule has 0 unspecified atom stereocenters. The quantitative estimate of drug-likeness (QED) is 0.366. The van der Waals surface area contributed by atoms with E-state index in [0.29, 0.717) is 5.71 Å². The monoisotopic (exact) mass is 296 g/mol. The van der Waals surface area contributed by atoms with Crippen LogP contribution in [0.1, 0.15) is 13.3 Å². The lowest BCUT2D eigenvalue weighted by molar-refractivity contribution is -0.393. The van der Waals surface area contributed by atoms with E-state index in [1.165, 1.54) is 20.1 Å². The molecule has 0 fully saturated rings. The summed E-state index contributed by atoms with van der Waals surface area (Å²) < 4.78 is 4.45. The van der Waals surface area contributed by atoms with E-state index in [2.05, 4.69) is 15.3 Å². The minimum atomic E-state index is -0.763. The average Bonchev–Trinajstić information content (AvgIpc) is 2.44. The third-order valence-electron chi connectivity index (χ3n) is 2.38. The molecule has 1 rings (SSSR count). The Labute approximate surface area is 118 Å². The van der Waals surface area contributed by atoms with Gasteiger partial charge < -0.3 is 4.74 Å². The Morgan fingerprint density at radius 2 is 2.00 bits per heavy atom. The van der Waals surface area contributed by atoms with Crippen LogP contribution in [0.5, 0.6) is 0 Å². The van der Waals surface area contributed by atoms with Gasteiger partial charge in [-0.15, -0.1) is 0 Å². The van der Waals surface area contributed by atoms with Gasteiger partial charge in [0.05, 0.1) is 29.4 Å². The zero-order valence-corrected chi connectivity index (χ0v) is 11.2. The van der Waals surface area contributed by atoms with Gasteiger partial charge in [0.2, 0.25) is 0 Å². The first kappa shape index (κ1) is 16.0. The van der Waals surface area contributed by atoms with Gasteiger partial charge >= 0.3 is 11.7 Å². The summed E-state index contributed by atoms with van der Waals surface area (Å²) in [6, 6.07) is 3.11. The minimum Gasteiger partial charge on any atom is -0.469 e. The number of carbonyl (C=O) groups excluding carboxylic acids is 1. The van der Waals surface area contributed by atoms with Crippen molar-refractivity contribution >= 4 is 28.7 Å². The number of non-ortho nitro benzene ring substituents is 1. The molecule has 0 amide bonds. The van der Waals surface area contributed by atoms with E-state index in [1.54, 1.807) is 0 Å². The Morgan fingerprint density at radius 3 is 2.52 bits per heavy atom. The molecular weight excluding hydrogens is 284 g/mol. The zero-order valence-electron chi connectivity index (χ0n) is 11.2. The predicted molar refractivity (Wildman–Crippen MR) is 73.1 cm³/mol. The molecule has 10 nitrogen and oxygen atoms in total. The number of hydrogen-bond acceptors (Lipinski definition) is 8. The van der Waals surface area contributed by atoms with Crippen LogP contribution in [-0.2, 0) is 9.53 Å².